The molecule has 0 aliphatic heterocycles. The lowest BCUT2D eigenvalue weighted by Gasteiger charge is -2.08. The van der Waals surface area contributed by atoms with E-state index in [2.05, 4.69) is 25.9 Å². The van der Waals surface area contributed by atoms with Crippen LogP contribution in [0.25, 0.3) is 5.69 Å². The highest BCUT2D eigenvalue weighted by Crippen LogP contribution is 2.31. The van der Waals surface area contributed by atoms with Gasteiger partial charge in [-0.1, -0.05) is 20.8 Å². The molecule has 1 aromatic heterocycles. The van der Waals surface area contributed by atoms with Crippen molar-refractivity contribution < 1.29 is 27.8 Å². The fourth-order valence-corrected chi connectivity index (χ4v) is 3.76. The van der Waals surface area contributed by atoms with Crippen molar-refractivity contribution >= 4 is 18.0 Å². The third kappa shape index (κ3) is 10.2. The van der Waals surface area contributed by atoms with Crippen LogP contribution in [0.2, 0.25) is 0 Å². The molecule has 9 heteroatoms. The lowest BCUT2D eigenvalue weighted by molar-refractivity contribution is -0.137. The second-order valence-electron chi connectivity index (χ2n) is 8.15. The molecule has 0 fully saturated rings. The SMILES string of the molecule is CC(C)C.CO.Cc1cc(SCc2cn(-c3ccc(C(F)(F)F)cc3)nc2C)ccc1OCC=O. The third-order valence-corrected chi connectivity index (χ3v) is 5.35. The van der Waals surface area contributed by atoms with Crippen LogP contribution < -0.4 is 4.74 Å². The first-order chi connectivity index (χ1) is 16.5. The molecule has 2 aromatic carbocycles. The Hall–Kier alpha value is -2.78. The summed E-state index contributed by atoms with van der Waals surface area (Å²) in [6, 6.07) is 10.7. The molecule has 0 saturated carbocycles. The number of aryl methyl sites for hydroxylation is 2. The van der Waals surface area contributed by atoms with Gasteiger partial charge in [-0.25, -0.2) is 4.68 Å². The maximum Gasteiger partial charge on any atom is 0.416 e. The van der Waals surface area contributed by atoms with Gasteiger partial charge < -0.3 is 9.84 Å². The maximum atomic E-state index is 12.7. The Bertz CT molecular complexity index is 1050. The lowest BCUT2D eigenvalue weighted by Crippen LogP contribution is -2.05. The molecular formula is C26H33F3N2O3S. The van der Waals surface area contributed by atoms with Gasteiger partial charge in [0.25, 0.3) is 0 Å². The normalized spacial score (nSPS) is 10.7. The van der Waals surface area contributed by atoms with E-state index in [1.165, 1.54) is 12.1 Å². The highest BCUT2D eigenvalue weighted by Gasteiger charge is 2.30. The van der Waals surface area contributed by atoms with Crippen molar-refractivity contribution in [2.24, 2.45) is 5.92 Å². The zero-order valence-corrected chi connectivity index (χ0v) is 21.7. The first kappa shape index (κ1) is 30.3. The molecule has 0 spiro atoms. The molecular weight excluding hydrogens is 477 g/mol. The van der Waals surface area contributed by atoms with Crippen molar-refractivity contribution in [1.82, 2.24) is 9.78 Å². The van der Waals surface area contributed by atoms with Gasteiger partial charge in [-0.15, -0.1) is 11.8 Å². The molecule has 0 radical (unpaired) electrons. The van der Waals surface area contributed by atoms with Gasteiger partial charge >= 0.3 is 6.18 Å². The standard InChI is InChI=1S/C21H19F3N2O2S.C4H10.CH4O/c1-14-11-19(7-8-20(14)28-10-9-27)29-13-16-12-26(25-15(16)2)18-5-3-17(4-6-18)21(22,23)24;1-4(2)3;1-2/h3-9,11-12H,10,13H2,1-2H3;4H,1-3H3;2H,1H3. The summed E-state index contributed by atoms with van der Waals surface area (Å²) in [4.78, 5) is 11.5. The Balaban J connectivity index is 0.000000926. The number of ether oxygens (including phenoxy) is 1. The molecule has 35 heavy (non-hydrogen) atoms. The summed E-state index contributed by atoms with van der Waals surface area (Å²) in [6.45, 7) is 10.3. The number of nitrogens with zero attached hydrogens (tertiary/aromatic N) is 2. The largest absolute Gasteiger partial charge is 0.486 e. The second kappa shape index (κ2) is 14.6. The van der Waals surface area contributed by atoms with E-state index in [0.29, 0.717) is 23.5 Å². The van der Waals surface area contributed by atoms with Gasteiger partial charge in [0.15, 0.2) is 6.29 Å². The number of aromatic nitrogens is 2. The molecule has 0 aliphatic carbocycles. The van der Waals surface area contributed by atoms with Gasteiger partial charge in [0.1, 0.15) is 12.4 Å². The zero-order valence-electron chi connectivity index (χ0n) is 20.9. The molecule has 0 unspecified atom stereocenters. The predicted octanol–water partition coefficient (Wildman–Crippen LogP) is 6.65. The number of aliphatic hydroxyl groups excluding tert-OH is 1. The minimum Gasteiger partial charge on any atom is -0.486 e. The van der Waals surface area contributed by atoms with Crippen molar-refractivity contribution in [3.63, 3.8) is 0 Å². The number of hydrogen-bond acceptors (Lipinski definition) is 5. The van der Waals surface area contributed by atoms with Crippen molar-refractivity contribution in [3.8, 4) is 11.4 Å². The Kier molecular flexibility index (Phi) is 12.6. The Morgan fingerprint density at radius 3 is 2.20 bits per heavy atom. The van der Waals surface area contributed by atoms with Crippen LogP contribution in [-0.4, -0.2) is 34.9 Å². The quantitative estimate of drug-likeness (QED) is 0.285. The number of benzene rings is 2. The van der Waals surface area contributed by atoms with Gasteiger partial charge in [-0.2, -0.15) is 18.3 Å². The van der Waals surface area contributed by atoms with Crippen LogP contribution in [0, 0.1) is 19.8 Å². The van der Waals surface area contributed by atoms with Crippen molar-refractivity contribution in [2.75, 3.05) is 13.7 Å². The monoisotopic (exact) mass is 510 g/mol. The van der Waals surface area contributed by atoms with Crippen LogP contribution in [0.5, 0.6) is 5.75 Å². The number of carbonyl (C=O) groups is 1. The highest BCUT2D eigenvalue weighted by atomic mass is 32.2. The number of alkyl halides is 3. The highest BCUT2D eigenvalue weighted by molar-refractivity contribution is 7.98. The number of hydrogen-bond donors (Lipinski definition) is 1. The van der Waals surface area contributed by atoms with Gasteiger partial charge in [-0.05, 0) is 67.8 Å². The Morgan fingerprint density at radius 1 is 1.09 bits per heavy atom. The van der Waals surface area contributed by atoms with E-state index in [0.717, 1.165) is 46.9 Å². The Labute approximate surface area is 209 Å². The summed E-state index contributed by atoms with van der Waals surface area (Å²) >= 11 is 1.62. The molecule has 0 atom stereocenters. The summed E-state index contributed by atoms with van der Waals surface area (Å²) in [7, 11) is 1.00. The molecule has 0 bridgehead atoms. The van der Waals surface area contributed by atoms with Crippen LogP contribution in [0.15, 0.2) is 53.6 Å². The summed E-state index contributed by atoms with van der Waals surface area (Å²) in [5.41, 5.74) is 2.64. The van der Waals surface area contributed by atoms with E-state index >= 15 is 0 Å². The van der Waals surface area contributed by atoms with Crippen LogP contribution in [0.3, 0.4) is 0 Å². The fraction of sp³-hybridized carbons (Fsp3) is 0.385. The predicted molar refractivity (Wildman–Crippen MR) is 134 cm³/mol. The number of carbonyl (C=O) groups excluding carboxylic acids is 1. The first-order valence-corrected chi connectivity index (χ1v) is 12.0. The van der Waals surface area contributed by atoms with E-state index in [1.54, 1.807) is 16.4 Å². The number of halogens is 3. The second-order valence-corrected chi connectivity index (χ2v) is 9.20. The minimum absolute atomic E-state index is 0.0235. The Morgan fingerprint density at radius 2 is 1.69 bits per heavy atom. The fourth-order valence-electron chi connectivity index (χ4n) is 2.73. The third-order valence-electron chi connectivity index (χ3n) is 4.31. The number of aliphatic hydroxyl groups is 1. The smallest absolute Gasteiger partial charge is 0.416 e. The molecule has 0 aliphatic rings. The van der Waals surface area contributed by atoms with Gasteiger partial charge in [0.05, 0.1) is 16.9 Å². The number of rotatable bonds is 7. The molecule has 0 amide bonds. The molecule has 5 nitrogen and oxygen atoms in total. The van der Waals surface area contributed by atoms with E-state index < -0.39 is 11.7 Å². The van der Waals surface area contributed by atoms with Gasteiger partial charge in [0.2, 0.25) is 0 Å². The maximum absolute atomic E-state index is 12.7. The van der Waals surface area contributed by atoms with E-state index in [4.69, 9.17) is 9.84 Å². The van der Waals surface area contributed by atoms with Gasteiger partial charge in [-0.3, -0.25) is 4.79 Å². The summed E-state index contributed by atoms with van der Waals surface area (Å²) in [6.07, 6.45) is -1.81. The summed E-state index contributed by atoms with van der Waals surface area (Å²) in [5, 5.41) is 11.4. The van der Waals surface area contributed by atoms with Crippen LogP contribution >= 0.6 is 11.8 Å². The molecule has 3 rings (SSSR count). The van der Waals surface area contributed by atoms with E-state index in [-0.39, 0.29) is 6.61 Å². The average molecular weight is 511 g/mol. The minimum atomic E-state index is -4.35. The topological polar surface area (TPSA) is 64.3 Å². The summed E-state index contributed by atoms with van der Waals surface area (Å²) < 4.78 is 45.1. The zero-order chi connectivity index (χ0) is 26.6. The van der Waals surface area contributed by atoms with Gasteiger partial charge in [0, 0.05) is 29.5 Å². The molecule has 1 heterocycles. The van der Waals surface area contributed by atoms with Crippen LogP contribution in [0.1, 0.15) is 43.2 Å². The van der Waals surface area contributed by atoms with Crippen LogP contribution in [0.4, 0.5) is 13.2 Å². The number of aldehydes is 1. The number of thioether (sulfide) groups is 1. The van der Waals surface area contributed by atoms with E-state index in [9.17, 15) is 18.0 Å². The van der Waals surface area contributed by atoms with Crippen molar-refractivity contribution in [2.45, 2.75) is 51.4 Å². The molecule has 1 N–H and O–H groups in total. The average Bonchev–Trinajstić information content (AvgIpc) is 3.18. The first-order valence-electron chi connectivity index (χ1n) is 11.0. The lowest BCUT2D eigenvalue weighted by atomic mass is 10.2. The van der Waals surface area contributed by atoms with Crippen molar-refractivity contribution in [1.29, 1.82) is 0 Å². The van der Waals surface area contributed by atoms with Crippen molar-refractivity contribution in [3.05, 3.63) is 71.0 Å². The molecule has 192 valence electrons. The van der Waals surface area contributed by atoms with E-state index in [1.807, 2.05) is 38.2 Å². The molecule has 0 saturated heterocycles. The molecule has 3 aromatic rings. The summed E-state index contributed by atoms with van der Waals surface area (Å²) in [5.74, 6) is 2.17. The van der Waals surface area contributed by atoms with Crippen LogP contribution in [-0.2, 0) is 16.7 Å².